The Morgan fingerprint density at radius 3 is 2.83 bits per heavy atom. The highest BCUT2D eigenvalue weighted by Gasteiger charge is 2.14. The van der Waals surface area contributed by atoms with E-state index in [0.717, 1.165) is 30.5 Å². The number of hydrogen-bond donors (Lipinski definition) is 1. The van der Waals surface area contributed by atoms with Gasteiger partial charge in [-0.15, -0.1) is 0 Å². The van der Waals surface area contributed by atoms with E-state index in [9.17, 15) is 9.59 Å². The van der Waals surface area contributed by atoms with Crippen LogP contribution in [0.15, 0.2) is 53.6 Å². The molecule has 4 aromatic rings. The second-order valence-corrected chi connectivity index (χ2v) is 8.64. The first kappa shape index (κ1) is 20.2. The molecule has 0 saturated heterocycles. The predicted molar refractivity (Wildman–Crippen MR) is 120 cm³/mol. The predicted octanol–water partition coefficient (Wildman–Crippen LogP) is 4.18. The number of hydrogen-bond acceptors (Lipinski definition) is 5. The Kier molecular flexibility index (Phi) is 5.90. The van der Waals surface area contributed by atoms with E-state index in [1.807, 2.05) is 36.4 Å². The summed E-state index contributed by atoms with van der Waals surface area (Å²) >= 11 is 1.24. The van der Waals surface area contributed by atoms with Gasteiger partial charge >= 0.3 is 0 Å². The average molecular weight is 421 g/mol. The van der Waals surface area contributed by atoms with Crippen molar-refractivity contribution in [2.75, 3.05) is 6.54 Å². The molecule has 0 saturated carbocycles. The lowest BCUT2D eigenvalue weighted by Crippen LogP contribution is -2.23. The summed E-state index contributed by atoms with van der Waals surface area (Å²) in [5, 5.41) is 3.52. The molecule has 1 amide bonds. The van der Waals surface area contributed by atoms with Gasteiger partial charge in [0, 0.05) is 24.6 Å². The zero-order chi connectivity index (χ0) is 21.1. The maximum atomic E-state index is 12.9. The lowest BCUT2D eigenvalue weighted by atomic mass is 10.0. The minimum Gasteiger partial charge on any atom is -0.351 e. The Bertz CT molecular complexity index is 1240. The monoisotopic (exact) mass is 420 g/mol. The third kappa shape index (κ3) is 4.26. The van der Waals surface area contributed by atoms with Crippen LogP contribution in [0.5, 0.6) is 0 Å². The van der Waals surface area contributed by atoms with Crippen molar-refractivity contribution in [3.05, 3.63) is 75.3 Å². The van der Waals surface area contributed by atoms with Gasteiger partial charge in [0.05, 0.1) is 10.9 Å². The molecule has 0 bridgehead atoms. The number of nitrogens with zero attached hydrogens (tertiary/aromatic N) is 3. The average Bonchev–Trinajstić information content (AvgIpc) is 3.18. The van der Waals surface area contributed by atoms with E-state index in [2.05, 4.69) is 29.1 Å². The number of carbonyl (C=O) groups is 1. The number of benzene rings is 1. The fourth-order valence-electron chi connectivity index (χ4n) is 3.35. The largest absolute Gasteiger partial charge is 0.351 e. The highest BCUT2D eigenvalue weighted by atomic mass is 32.1. The van der Waals surface area contributed by atoms with Gasteiger partial charge in [-0.25, -0.2) is 4.98 Å². The standard InChI is InChI=1S/C23H24N4O2S/c1-15(2)16-9-10-19-18(13-16)22(29)27-14-20(30-23(27)26-19)21(28)25-12-6-4-8-17-7-3-5-11-24-17/h3,5,7,9-11,13-15H,4,6,8,12H2,1-2H3,(H,25,28). The minimum atomic E-state index is -0.172. The van der Waals surface area contributed by atoms with E-state index >= 15 is 0 Å². The Labute approximate surface area is 178 Å². The van der Waals surface area contributed by atoms with Crippen molar-refractivity contribution >= 4 is 33.1 Å². The molecule has 30 heavy (non-hydrogen) atoms. The van der Waals surface area contributed by atoms with Crippen molar-refractivity contribution in [3.8, 4) is 0 Å². The topological polar surface area (TPSA) is 76.4 Å². The van der Waals surface area contributed by atoms with E-state index in [4.69, 9.17) is 0 Å². The molecule has 0 unspecified atom stereocenters. The lowest BCUT2D eigenvalue weighted by molar-refractivity contribution is 0.0956. The van der Waals surface area contributed by atoms with Gasteiger partial charge in [-0.3, -0.25) is 19.0 Å². The molecule has 0 aliphatic heterocycles. The van der Waals surface area contributed by atoms with Crippen LogP contribution < -0.4 is 10.9 Å². The molecule has 0 radical (unpaired) electrons. The molecule has 1 aromatic carbocycles. The fourth-order valence-corrected chi connectivity index (χ4v) is 4.25. The highest BCUT2D eigenvalue weighted by molar-refractivity contribution is 7.18. The third-order valence-corrected chi connectivity index (χ3v) is 6.08. The van der Waals surface area contributed by atoms with Crippen molar-refractivity contribution in [3.63, 3.8) is 0 Å². The number of fused-ring (bicyclic) bond motifs is 2. The summed E-state index contributed by atoms with van der Waals surface area (Å²) in [6.07, 6.45) is 6.10. The van der Waals surface area contributed by atoms with Crippen LogP contribution in [0.2, 0.25) is 0 Å². The number of thiazole rings is 1. The van der Waals surface area contributed by atoms with Crippen LogP contribution in [0, 0.1) is 0 Å². The second-order valence-electron chi connectivity index (χ2n) is 7.63. The van der Waals surface area contributed by atoms with Crippen LogP contribution in [0.4, 0.5) is 0 Å². The smallest absolute Gasteiger partial charge is 0.266 e. The van der Waals surface area contributed by atoms with E-state index in [-0.39, 0.29) is 11.5 Å². The number of carbonyl (C=O) groups excluding carboxylic acids is 1. The van der Waals surface area contributed by atoms with Gasteiger partial charge in [-0.2, -0.15) is 0 Å². The van der Waals surface area contributed by atoms with E-state index in [1.54, 1.807) is 12.4 Å². The first-order chi connectivity index (χ1) is 14.5. The Balaban J connectivity index is 1.44. The van der Waals surface area contributed by atoms with Crippen molar-refractivity contribution in [1.82, 2.24) is 19.7 Å². The molecule has 4 rings (SSSR count). The second kappa shape index (κ2) is 8.75. The number of nitrogens with one attached hydrogen (secondary N) is 1. The van der Waals surface area contributed by atoms with E-state index < -0.39 is 0 Å². The van der Waals surface area contributed by atoms with Crippen LogP contribution in [0.3, 0.4) is 0 Å². The molecule has 1 N–H and O–H groups in total. The number of amides is 1. The first-order valence-corrected chi connectivity index (χ1v) is 11.0. The van der Waals surface area contributed by atoms with E-state index in [0.29, 0.717) is 33.2 Å². The third-order valence-electron chi connectivity index (χ3n) is 5.10. The first-order valence-electron chi connectivity index (χ1n) is 10.2. The molecular formula is C23H24N4O2S. The van der Waals surface area contributed by atoms with Gasteiger partial charge in [0.1, 0.15) is 4.88 Å². The summed E-state index contributed by atoms with van der Waals surface area (Å²) in [5.74, 6) is 0.158. The molecule has 154 valence electrons. The van der Waals surface area contributed by atoms with Crippen molar-refractivity contribution in [2.45, 2.75) is 39.0 Å². The summed E-state index contributed by atoms with van der Waals surface area (Å²) in [5.41, 5.74) is 2.68. The van der Waals surface area contributed by atoms with Crippen LogP contribution in [0.25, 0.3) is 15.9 Å². The van der Waals surface area contributed by atoms with Gasteiger partial charge in [-0.05, 0) is 55.0 Å². The lowest BCUT2D eigenvalue weighted by Gasteiger charge is -2.06. The minimum absolute atomic E-state index is 0.136. The number of aryl methyl sites for hydroxylation is 1. The summed E-state index contributed by atoms with van der Waals surface area (Å²) in [7, 11) is 0. The molecule has 3 heterocycles. The molecule has 3 aromatic heterocycles. The maximum absolute atomic E-state index is 12.9. The van der Waals surface area contributed by atoms with Crippen LogP contribution in [-0.2, 0) is 6.42 Å². The Morgan fingerprint density at radius 1 is 1.20 bits per heavy atom. The fraction of sp³-hybridized carbons (Fsp3) is 0.304. The summed E-state index contributed by atoms with van der Waals surface area (Å²) in [4.78, 5) is 35.4. The molecule has 6 nitrogen and oxygen atoms in total. The molecule has 0 fully saturated rings. The van der Waals surface area contributed by atoms with Gasteiger partial charge in [0.2, 0.25) is 0 Å². The maximum Gasteiger partial charge on any atom is 0.266 e. The number of unbranched alkanes of at least 4 members (excludes halogenated alkanes) is 1. The molecule has 0 aliphatic carbocycles. The van der Waals surface area contributed by atoms with Crippen LogP contribution >= 0.6 is 11.3 Å². The number of aromatic nitrogens is 3. The van der Waals surface area contributed by atoms with Gasteiger partial charge < -0.3 is 5.32 Å². The zero-order valence-corrected chi connectivity index (χ0v) is 17.9. The molecule has 0 atom stereocenters. The van der Waals surface area contributed by atoms with Crippen molar-refractivity contribution in [1.29, 1.82) is 0 Å². The Hall–Kier alpha value is -3.06. The van der Waals surface area contributed by atoms with Gasteiger partial charge in [0.25, 0.3) is 11.5 Å². The van der Waals surface area contributed by atoms with Crippen LogP contribution in [0.1, 0.15) is 53.5 Å². The molecular weight excluding hydrogens is 396 g/mol. The van der Waals surface area contributed by atoms with Gasteiger partial charge in [-0.1, -0.05) is 37.3 Å². The molecule has 0 spiro atoms. The molecule has 7 heteroatoms. The molecule has 0 aliphatic rings. The summed E-state index contributed by atoms with van der Waals surface area (Å²) in [6, 6.07) is 11.7. The SMILES string of the molecule is CC(C)c1ccc2nc3sc(C(=O)NCCCCc4ccccn4)cn3c(=O)c2c1. The van der Waals surface area contributed by atoms with E-state index in [1.165, 1.54) is 15.7 Å². The zero-order valence-electron chi connectivity index (χ0n) is 17.1. The normalized spacial score (nSPS) is 11.4. The number of pyridine rings is 1. The van der Waals surface area contributed by atoms with Crippen molar-refractivity contribution in [2.24, 2.45) is 0 Å². The highest BCUT2D eigenvalue weighted by Crippen LogP contribution is 2.21. The Morgan fingerprint density at radius 2 is 2.07 bits per heavy atom. The summed E-state index contributed by atoms with van der Waals surface area (Å²) < 4.78 is 1.48. The number of rotatable bonds is 7. The van der Waals surface area contributed by atoms with Crippen molar-refractivity contribution < 1.29 is 4.79 Å². The van der Waals surface area contributed by atoms with Gasteiger partial charge in [0.15, 0.2) is 4.96 Å². The summed E-state index contributed by atoms with van der Waals surface area (Å²) in [6.45, 7) is 4.77. The quantitative estimate of drug-likeness (QED) is 0.455. The van der Waals surface area contributed by atoms with Crippen LogP contribution in [-0.4, -0.2) is 26.8 Å².